The van der Waals surface area contributed by atoms with E-state index in [0.29, 0.717) is 25.7 Å². The van der Waals surface area contributed by atoms with Crippen LogP contribution in [0.15, 0.2) is 24.4 Å². The predicted octanol–water partition coefficient (Wildman–Crippen LogP) is 1.58. The third kappa shape index (κ3) is 3.28. The molecule has 18 heavy (non-hydrogen) atoms. The fourth-order valence-corrected chi connectivity index (χ4v) is 2.41. The Morgan fingerprint density at radius 1 is 1.44 bits per heavy atom. The molecule has 0 bridgehead atoms. The van der Waals surface area contributed by atoms with Crippen LogP contribution in [-0.4, -0.2) is 43.5 Å². The summed E-state index contributed by atoms with van der Waals surface area (Å²) in [6, 6.07) is 6.28. The van der Waals surface area contributed by atoms with Crippen LogP contribution < -0.4 is 5.32 Å². The minimum Gasteiger partial charge on any atom is -0.376 e. The Kier molecular flexibility index (Phi) is 5.11. The molecule has 0 aliphatic carbocycles. The van der Waals surface area contributed by atoms with Gasteiger partial charge in [-0.1, -0.05) is 19.9 Å². The molecule has 1 saturated heterocycles. The van der Waals surface area contributed by atoms with Crippen LogP contribution in [0.4, 0.5) is 0 Å². The van der Waals surface area contributed by atoms with Crippen LogP contribution in [-0.2, 0) is 9.47 Å². The molecule has 3 unspecified atom stereocenters. The maximum absolute atomic E-state index is 5.82. The second-order valence-corrected chi connectivity index (χ2v) is 4.61. The highest BCUT2D eigenvalue weighted by atomic mass is 16.6. The first-order chi connectivity index (χ1) is 8.83. The summed E-state index contributed by atoms with van der Waals surface area (Å²) >= 11 is 0. The minimum atomic E-state index is 0.107. The molecular formula is C14H22N2O2. The van der Waals surface area contributed by atoms with Gasteiger partial charge in [-0.25, -0.2) is 0 Å². The van der Waals surface area contributed by atoms with E-state index in [1.807, 2.05) is 18.3 Å². The van der Waals surface area contributed by atoms with Gasteiger partial charge >= 0.3 is 0 Å². The van der Waals surface area contributed by atoms with E-state index in [1.54, 1.807) is 0 Å². The van der Waals surface area contributed by atoms with Crippen LogP contribution >= 0.6 is 0 Å². The van der Waals surface area contributed by atoms with E-state index in [-0.39, 0.29) is 12.1 Å². The van der Waals surface area contributed by atoms with Gasteiger partial charge in [-0.15, -0.1) is 0 Å². The number of hydrogen-bond acceptors (Lipinski definition) is 4. The van der Waals surface area contributed by atoms with E-state index < -0.39 is 0 Å². The number of pyridine rings is 1. The molecule has 0 saturated carbocycles. The van der Waals surface area contributed by atoms with Crippen molar-refractivity contribution < 1.29 is 9.47 Å². The van der Waals surface area contributed by atoms with Gasteiger partial charge in [0, 0.05) is 23.9 Å². The van der Waals surface area contributed by atoms with Crippen molar-refractivity contribution >= 4 is 0 Å². The van der Waals surface area contributed by atoms with Crippen molar-refractivity contribution in [3.63, 3.8) is 0 Å². The second-order valence-electron chi connectivity index (χ2n) is 4.61. The van der Waals surface area contributed by atoms with Crippen LogP contribution in [0.1, 0.15) is 25.5 Å². The van der Waals surface area contributed by atoms with Crippen molar-refractivity contribution in [2.24, 2.45) is 0 Å². The summed E-state index contributed by atoms with van der Waals surface area (Å²) in [6.45, 7) is 7.26. The zero-order valence-electron chi connectivity index (χ0n) is 11.1. The standard InChI is InChI=1S/C14H22N2O2/c1-3-15-14(13-10-17-8-9-18-13)11(2)12-6-4-5-7-16-12/h4-7,11,13-15H,3,8-10H2,1-2H3. The molecule has 1 aromatic heterocycles. The van der Waals surface area contributed by atoms with Crippen LogP contribution in [0.2, 0.25) is 0 Å². The zero-order valence-corrected chi connectivity index (χ0v) is 11.1. The third-order valence-corrected chi connectivity index (χ3v) is 3.38. The normalized spacial score (nSPS) is 23.6. The monoisotopic (exact) mass is 250 g/mol. The lowest BCUT2D eigenvalue weighted by molar-refractivity contribution is -0.104. The number of rotatable bonds is 5. The Balaban J connectivity index is 2.08. The van der Waals surface area contributed by atoms with E-state index in [2.05, 4.69) is 30.2 Å². The van der Waals surface area contributed by atoms with Gasteiger partial charge in [0.05, 0.1) is 25.9 Å². The third-order valence-electron chi connectivity index (χ3n) is 3.38. The molecule has 2 heterocycles. The van der Waals surface area contributed by atoms with E-state index in [4.69, 9.17) is 9.47 Å². The molecule has 0 spiro atoms. The van der Waals surface area contributed by atoms with E-state index in [0.717, 1.165) is 12.2 Å². The largest absolute Gasteiger partial charge is 0.376 e. The van der Waals surface area contributed by atoms with Gasteiger partial charge in [-0.3, -0.25) is 4.98 Å². The van der Waals surface area contributed by atoms with Crippen molar-refractivity contribution in [3.8, 4) is 0 Å². The summed E-state index contributed by atoms with van der Waals surface area (Å²) in [7, 11) is 0. The second kappa shape index (κ2) is 6.83. The lowest BCUT2D eigenvalue weighted by Gasteiger charge is -2.34. The average molecular weight is 250 g/mol. The molecule has 1 aromatic rings. The summed E-state index contributed by atoms with van der Waals surface area (Å²) in [5, 5.41) is 3.51. The highest BCUT2D eigenvalue weighted by Gasteiger charge is 2.30. The number of nitrogens with zero attached hydrogens (tertiary/aromatic N) is 1. The number of aromatic nitrogens is 1. The van der Waals surface area contributed by atoms with Crippen LogP contribution in [0.5, 0.6) is 0 Å². The Labute approximate surface area is 109 Å². The molecule has 4 heteroatoms. The van der Waals surface area contributed by atoms with Crippen LogP contribution in [0, 0.1) is 0 Å². The predicted molar refractivity (Wildman–Crippen MR) is 70.7 cm³/mol. The number of hydrogen-bond donors (Lipinski definition) is 1. The van der Waals surface area contributed by atoms with Crippen molar-refractivity contribution in [1.29, 1.82) is 0 Å². The maximum Gasteiger partial charge on any atom is 0.0968 e. The van der Waals surface area contributed by atoms with Crippen molar-refractivity contribution in [3.05, 3.63) is 30.1 Å². The van der Waals surface area contributed by atoms with Gasteiger partial charge in [0.2, 0.25) is 0 Å². The molecule has 0 aromatic carbocycles. The zero-order chi connectivity index (χ0) is 12.8. The van der Waals surface area contributed by atoms with Crippen LogP contribution in [0.25, 0.3) is 0 Å². The Hall–Kier alpha value is -0.970. The van der Waals surface area contributed by atoms with Gasteiger partial charge in [0.25, 0.3) is 0 Å². The van der Waals surface area contributed by atoms with E-state index in [9.17, 15) is 0 Å². The van der Waals surface area contributed by atoms with Gasteiger partial charge in [-0.05, 0) is 18.7 Å². The topological polar surface area (TPSA) is 43.4 Å². The highest BCUT2D eigenvalue weighted by molar-refractivity contribution is 5.12. The fourth-order valence-electron chi connectivity index (χ4n) is 2.41. The lowest BCUT2D eigenvalue weighted by Crippen LogP contribution is -2.49. The molecule has 1 N–H and O–H groups in total. The first-order valence-electron chi connectivity index (χ1n) is 6.66. The summed E-state index contributed by atoms with van der Waals surface area (Å²) < 4.78 is 11.3. The summed E-state index contributed by atoms with van der Waals surface area (Å²) in [6.07, 6.45) is 1.95. The Bertz CT molecular complexity index is 339. The highest BCUT2D eigenvalue weighted by Crippen LogP contribution is 2.22. The molecule has 1 fully saturated rings. The first kappa shape index (κ1) is 13.5. The SMILES string of the molecule is CCNC(C1COCCO1)C(C)c1ccccn1. The molecule has 4 nitrogen and oxygen atoms in total. The molecule has 2 rings (SSSR count). The summed E-state index contributed by atoms with van der Waals surface area (Å²) in [4.78, 5) is 4.44. The molecule has 0 radical (unpaired) electrons. The molecule has 100 valence electrons. The lowest BCUT2D eigenvalue weighted by atomic mass is 9.93. The number of ether oxygens (including phenoxy) is 2. The van der Waals surface area contributed by atoms with Crippen molar-refractivity contribution in [1.82, 2.24) is 10.3 Å². The Morgan fingerprint density at radius 3 is 2.94 bits per heavy atom. The number of nitrogens with one attached hydrogen (secondary N) is 1. The van der Waals surface area contributed by atoms with E-state index >= 15 is 0 Å². The maximum atomic E-state index is 5.82. The van der Waals surface area contributed by atoms with Gasteiger partial charge < -0.3 is 14.8 Å². The molecule has 0 amide bonds. The molecule has 1 aliphatic rings. The van der Waals surface area contributed by atoms with Gasteiger partial charge in [0.15, 0.2) is 0 Å². The minimum absolute atomic E-state index is 0.107. The average Bonchev–Trinajstić information content (AvgIpc) is 2.46. The Morgan fingerprint density at radius 2 is 2.33 bits per heavy atom. The smallest absolute Gasteiger partial charge is 0.0968 e. The fraction of sp³-hybridized carbons (Fsp3) is 0.643. The van der Waals surface area contributed by atoms with Crippen LogP contribution in [0.3, 0.4) is 0 Å². The van der Waals surface area contributed by atoms with Crippen molar-refractivity contribution in [2.45, 2.75) is 31.9 Å². The van der Waals surface area contributed by atoms with Crippen molar-refractivity contribution in [2.75, 3.05) is 26.4 Å². The number of likely N-dealkylation sites (N-methyl/N-ethyl adjacent to an activating group) is 1. The van der Waals surface area contributed by atoms with Gasteiger partial charge in [0.1, 0.15) is 0 Å². The molecule has 1 aliphatic heterocycles. The quantitative estimate of drug-likeness (QED) is 0.861. The first-order valence-corrected chi connectivity index (χ1v) is 6.66. The summed E-state index contributed by atoms with van der Waals surface area (Å²) in [5.41, 5.74) is 1.10. The van der Waals surface area contributed by atoms with Gasteiger partial charge in [-0.2, -0.15) is 0 Å². The summed E-state index contributed by atoms with van der Waals surface area (Å²) in [5.74, 6) is 0.304. The molecule has 3 atom stereocenters. The molecular weight excluding hydrogens is 228 g/mol. The van der Waals surface area contributed by atoms with E-state index in [1.165, 1.54) is 0 Å².